The van der Waals surface area contributed by atoms with Crippen molar-refractivity contribution in [3.05, 3.63) is 83.4 Å². The van der Waals surface area contributed by atoms with Crippen LogP contribution in [0.2, 0.25) is 0 Å². The Morgan fingerprint density at radius 1 is 0.962 bits per heavy atom. The lowest BCUT2D eigenvalue weighted by Gasteiger charge is -2.15. The molecule has 5 heteroatoms. The van der Waals surface area contributed by atoms with Gasteiger partial charge in [0.2, 0.25) is 0 Å². The van der Waals surface area contributed by atoms with E-state index in [1.165, 1.54) is 0 Å². The number of carbonyl (C=O) groups is 1. The highest BCUT2D eigenvalue weighted by atomic mass is 16.5. The first-order chi connectivity index (χ1) is 12.7. The van der Waals surface area contributed by atoms with Gasteiger partial charge in [-0.15, -0.1) is 0 Å². The number of benzene rings is 2. The van der Waals surface area contributed by atoms with Crippen LogP contribution in [0.5, 0.6) is 0 Å². The molecule has 0 saturated carbocycles. The maximum atomic E-state index is 13.0. The van der Waals surface area contributed by atoms with Gasteiger partial charge in [-0.25, -0.2) is 14.8 Å². The average molecular weight is 341 g/mol. The lowest BCUT2D eigenvalue weighted by atomic mass is 10.1. The molecule has 0 amide bonds. The number of hydrogen-bond acceptors (Lipinski definition) is 4. The summed E-state index contributed by atoms with van der Waals surface area (Å²) in [5.74, 6) is 0.0794. The highest BCUT2D eigenvalue weighted by Gasteiger charge is 2.32. The summed E-state index contributed by atoms with van der Waals surface area (Å²) in [4.78, 5) is 24.6. The van der Waals surface area contributed by atoms with E-state index in [0.29, 0.717) is 16.9 Å². The van der Waals surface area contributed by atoms with E-state index in [4.69, 9.17) is 4.74 Å². The predicted octanol–water partition coefficient (Wildman–Crippen LogP) is 4.19. The number of aromatic nitrogens is 3. The van der Waals surface area contributed by atoms with Crippen LogP contribution in [0, 0.1) is 6.92 Å². The first-order valence-corrected chi connectivity index (χ1v) is 8.43. The van der Waals surface area contributed by atoms with Gasteiger partial charge < -0.3 is 9.72 Å². The monoisotopic (exact) mass is 341 g/mol. The molecule has 1 N–H and O–H groups in total. The standard InChI is InChI=1S/C21H15N3O2/c1-12-23-18(17-10-11-22-20(17)24-12)21(25)26-19-15-8-4-2-6-13(15)14-7-3-5-9-16(14)19/h2-11,19H,1H3,(H,22,23,24). The van der Waals surface area contributed by atoms with E-state index in [2.05, 4.69) is 27.1 Å². The Morgan fingerprint density at radius 3 is 2.31 bits per heavy atom. The average Bonchev–Trinajstić information content (AvgIpc) is 3.25. The number of esters is 1. The van der Waals surface area contributed by atoms with Gasteiger partial charge in [0.1, 0.15) is 11.5 Å². The van der Waals surface area contributed by atoms with Crippen molar-refractivity contribution >= 4 is 17.0 Å². The Hall–Kier alpha value is -3.47. The lowest BCUT2D eigenvalue weighted by Crippen LogP contribution is -2.13. The maximum Gasteiger partial charge on any atom is 0.358 e. The zero-order valence-electron chi connectivity index (χ0n) is 14.1. The van der Waals surface area contributed by atoms with Gasteiger partial charge in [-0.05, 0) is 24.1 Å². The minimum Gasteiger partial charge on any atom is -0.448 e. The zero-order valence-corrected chi connectivity index (χ0v) is 14.1. The van der Waals surface area contributed by atoms with Crippen LogP contribution in [0.1, 0.15) is 33.5 Å². The Labute approximate surface area is 149 Å². The minimum atomic E-state index is -0.448. The summed E-state index contributed by atoms with van der Waals surface area (Å²) >= 11 is 0. The fourth-order valence-electron chi connectivity index (χ4n) is 3.61. The van der Waals surface area contributed by atoms with Crippen molar-refractivity contribution in [3.8, 4) is 11.1 Å². The number of rotatable bonds is 2. The molecule has 0 aliphatic heterocycles. The van der Waals surface area contributed by atoms with Crippen LogP contribution in [0.4, 0.5) is 0 Å². The first kappa shape index (κ1) is 14.8. The summed E-state index contributed by atoms with van der Waals surface area (Å²) in [6, 6.07) is 17.8. The van der Waals surface area contributed by atoms with Gasteiger partial charge in [0.15, 0.2) is 11.8 Å². The van der Waals surface area contributed by atoms with Crippen molar-refractivity contribution in [1.29, 1.82) is 0 Å². The largest absolute Gasteiger partial charge is 0.448 e. The Kier molecular flexibility index (Phi) is 3.15. The van der Waals surface area contributed by atoms with E-state index in [0.717, 1.165) is 22.3 Å². The fourth-order valence-corrected chi connectivity index (χ4v) is 3.61. The molecule has 5 rings (SSSR count). The van der Waals surface area contributed by atoms with Crippen molar-refractivity contribution in [2.24, 2.45) is 0 Å². The van der Waals surface area contributed by atoms with Crippen LogP contribution in [-0.2, 0) is 4.74 Å². The number of nitrogens with one attached hydrogen (secondary N) is 1. The minimum absolute atomic E-state index is 0.288. The Morgan fingerprint density at radius 2 is 1.62 bits per heavy atom. The molecular weight excluding hydrogens is 326 g/mol. The fraction of sp³-hybridized carbons (Fsp3) is 0.0952. The second-order valence-electron chi connectivity index (χ2n) is 6.32. The van der Waals surface area contributed by atoms with E-state index < -0.39 is 12.1 Å². The lowest BCUT2D eigenvalue weighted by molar-refractivity contribution is 0.0381. The van der Waals surface area contributed by atoms with Crippen LogP contribution < -0.4 is 0 Å². The molecule has 4 aromatic rings. The molecule has 2 aromatic carbocycles. The van der Waals surface area contributed by atoms with Crippen LogP contribution >= 0.6 is 0 Å². The van der Waals surface area contributed by atoms with Crippen molar-refractivity contribution in [3.63, 3.8) is 0 Å². The van der Waals surface area contributed by atoms with E-state index >= 15 is 0 Å². The molecule has 1 aliphatic rings. The summed E-state index contributed by atoms with van der Waals surface area (Å²) in [6.45, 7) is 1.76. The van der Waals surface area contributed by atoms with E-state index in [-0.39, 0.29) is 5.69 Å². The third-order valence-electron chi connectivity index (χ3n) is 4.72. The number of carbonyl (C=O) groups excluding carboxylic acids is 1. The summed E-state index contributed by atoms with van der Waals surface area (Å²) in [7, 11) is 0. The maximum absolute atomic E-state index is 13.0. The molecule has 2 aromatic heterocycles. The normalized spacial score (nSPS) is 12.8. The number of aryl methyl sites for hydroxylation is 1. The number of nitrogens with zero attached hydrogens (tertiary/aromatic N) is 2. The number of H-pyrrole nitrogens is 1. The van der Waals surface area contributed by atoms with Gasteiger partial charge in [-0.3, -0.25) is 0 Å². The number of aromatic amines is 1. The van der Waals surface area contributed by atoms with Gasteiger partial charge in [-0.1, -0.05) is 48.5 Å². The van der Waals surface area contributed by atoms with Gasteiger partial charge in [0.05, 0.1) is 5.39 Å². The number of fused-ring (bicyclic) bond motifs is 4. The van der Waals surface area contributed by atoms with Crippen LogP contribution in [0.3, 0.4) is 0 Å². The molecule has 0 fully saturated rings. The molecular formula is C21H15N3O2. The summed E-state index contributed by atoms with van der Waals surface area (Å²) in [5, 5.41) is 0.667. The predicted molar refractivity (Wildman–Crippen MR) is 97.8 cm³/mol. The SMILES string of the molecule is Cc1nc(C(=O)OC2c3ccccc3-c3ccccc32)c2cc[nH]c2n1. The highest BCUT2D eigenvalue weighted by molar-refractivity contribution is 6.01. The van der Waals surface area contributed by atoms with Crippen molar-refractivity contribution < 1.29 is 9.53 Å². The third kappa shape index (κ3) is 2.14. The molecule has 0 atom stereocenters. The molecule has 2 heterocycles. The molecule has 0 spiro atoms. The second kappa shape index (κ2) is 5.52. The van der Waals surface area contributed by atoms with Crippen LogP contribution in [0.15, 0.2) is 60.8 Å². The van der Waals surface area contributed by atoms with Crippen LogP contribution in [0.25, 0.3) is 22.2 Å². The summed E-state index contributed by atoms with van der Waals surface area (Å²) in [5.41, 5.74) is 5.13. The Balaban J connectivity index is 1.59. The first-order valence-electron chi connectivity index (χ1n) is 8.43. The third-order valence-corrected chi connectivity index (χ3v) is 4.72. The topological polar surface area (TPSA) is 67.9 Å². The number of hydrogen-bond donors (Lipinski definition) is 1. The van der Waals surface area contributed by atoms with Gasteiger partial charge in [0, 0.05) is 17.3 Å². The Bertz CT molecular complexity index is 1120. The summed E-state index contributed by atoms with van der Waals surface area (Å²) in [6.07, 6.45) is 1.31. The molecule has 0 unspecified atom stereocenters. The van der Waals surface area contributed by atoms with E-state index in [9.17, 15) is 4.79 Å². The quantitative estimate of drug-likeness (QED) is 0.555. The zero-order chi connectivity index (χ0) is 17.7. The van der Waals surface area contributed by atoms with Crippen LogP contribution in [-0.4, -0.2) is 20.9 Å². The molecule has 0 bridgehead atoms. The molecule has 126 valence electrons. The molecule has 1 aliphatic carbocycles. The number of ether oxygens (including phenoxy) is 1. The smallest absolute Gasteiger partial charge is 0.358 e. The molecule has 0 saturated heterocycles. The molecule has 0 radical (unpaired) electrons. The molecule has 5 nitrogen and oxygen atoms in total. The molecule has 26 heavy (non-hydrogen) atoms. The van der Waals surface area contributed by atoms with Gasteiger partial charge in [-0.2, -0.15) is 0 Å². The summed E-state index contributed by atoms with van der Waals surface area (Å²) < 4.78 is 5.94. The van der Waals surface area contributed by atoms with E-state index in [1.54, 1.807) is 19.2 Å². The van der Waals surface area contributed by atoms with Crippen molar-refractivity contribution in [2.75, 3.05) is 0 Å². The highest BCUT2D eigenvalue weighted by Crippen LogP contribution is 2.45. The van der Waals surface area contributed by atoms with Gasteiger partial charge >= 0.3 is 5.97 Å². The van der Waals surface area contributed by atoms with Crippen molar-refractivity contribution in [1.82, 2.24) is 15.0 Å². The van der Waals surface area contributed by atoms with E-state index in [1.807, 2.05) is 36.4 Å². The second-order valence-corrected chi connectivity index (χ2v) is 6.32. The van der Waals surface area contributed by atoms with Crippen molar-refractivity contribution in [2.45, 2.75) is 13.0 Å². The van der Waals surface area contributed by atoms with Gasteiger partial charge in [0.25, 0.3) is 0 Å².